The van der Waals surface area contributed by atoms with Crippen LogP contribution in [0.25, 0.3) is 11.5 Å². The van der Waals surface area contributed by atoms with Gasteiger partial charge in [0, 0.05) is 37.0 Å². The van der Waals surface area contributed by atoms with Gasteiger partial charge in [0.15, 0.2) is 0 Å². The minimum Gasteiger partial charge on any atom is -0.420 e. The average molecular weight is 379 g/mol. The molecule has 4 rings (SSSR count). The average Bonchev–Trinajstić information content (AvgIpc) is 3.15. The number of aromatic nitrogens is 4. The highest BCUT2D eigenvalue weighted by atomic mass is 16.4. The van der Waals surface area contributed by atoms with Gasteiger partial charge in [-0.1, -0.05) is 13.8 Å². The van der Waals surface area contributed by atoms with Crippen molar-refractivity contribution in [2.45, 2.75) is 26.2 Å². The van der Waals surface area contributed by atoms with Crippen molar-refractivity contribution >= 4 is 23.4 Å². The van der Waals surface area contributed by atoms with Gasteiger partial charge in [-0.3, -0.25) is 4.79 Å². The summed E-state index contributed by atoms with van der Waals surface area (Å²) in [7, 11) is 1.81. The second kappa shape index (κ2) is 6.91. The van der Waals surface area contributed by atoms with Crippen molar-refractivity contribution in [3.05, 3.63) is 41.4 Å². The molecule has 3 heterocycles. The fourth-order valence-corrected chi connectivity index (χ4v) is 3.01. The highest BCUT2D eigenvalue weighted by Crippen LogP contribution is 2.27. The molecule has 9 heteroatoms. The topological polar surface area (TPSA) is 123 Å². The minimum atomic E-state index is 0.0398. The van der Waals surface area contributed by atoms with Gasteiger partial charge in [-0.25, -0.2) is 4.98 Å². The van der Waals surface area contributed by atoms with Crippen molar-refractivity contribution in [3.63, 3.8) is 0 Å². The first-order chi connectivity index (χ1) is 13.4. The number of nitrogen functional groups attached to an aromatic ring is 1. The SMILES string of the molecule is CC(C)c1nnc(-c2cnc(Nc3ccc4c(c3)CCN(C)C4=O)nc2N)o1. The van der Waals surface area contributed by atoms with Gasteiger partial charge >= 0.3 is 0 Å². The van der Waals surface area contributed by atoms with Gasteiger partial charge in [0.1, 0.15) is 5.82 Å². The maximum atomic E-state index is 12.2. The van der Waals surface area contributed by atoms with E-state index < -0.39 is 0 Å². The summed E-state index contributed by atoms with van der Waals surface area (Å²) in [5.41, 5.74) is 9.09. The molecule has 9 nitrogen and oxygen atoms in total. The van der Waals surface area contributed by atoms with Crippen molar-refractivity contribution in [3.8, 4) is 11.5 Å². The van der Waals surface area contributed by atoms with Crippen molar-refractivity contribution in [1.82, 2.24) is 25.1 Å². The van der Waals surface area contributed by atoms with E-state index in [1.165, 1.54) is 0 Å². The summed E-state index contributed by atoms with van der Waals surface area (Å²) in [5, 5.41) is 11.1. The number of likely N-dealkylation sites (N-methyl/N-ethyl adjacent to an activating group) is 1. The van der Waals surface area contributed by atoms with E-state index in [1.54, 1.807) is 11.1 Å². The minimum absolute atomic E-state index is 0.0398. The number of carbonyl (C=O) groups excluding carboxylic acids is 1. The van der Waals surface area contributed by atoms with Crippen LogP contribution in [0.1, 0.15) is 41.6 Å². The van der Waals surface area contributed by atoms with Crippen LogP contribution in [0, 0.1) is 0 Å². The molecule has 1 aliphatic rings. The van der Waals surface area contributed by atoms with Crippen LogP contribution in [0.15, 0.2) is 28.8 Å². The molecular formula is C19H21N7O2. The van der Waals surface area contributed by atoms with Gasteiger partial charge in [0.25, 0.3) is 11.8 Å². The summed E-state index contributed by atoms with van der Waals surface area (Å²) in [6.07, 6.45) is 2.36. The van der Waals surface area contributed by atoms with Gasteiger partial charge in [0.05, 0.1) is 5.56 Å². The molecule has 1 aromatic carbocycles. The molecule has 0 unspecified atom stereocenters. The maximum absolute atomic E-state index is 12.2. The maximum Gasteiger partial charge on any atom is 0.253 e. The molecule has 144 valence electrons. The van der Waals surface area contributed by atoms with E-state index in [2.05, 4.69) is 25.5 Å². The first kappa shape index (κ1) is 17.9. The molecule has 0 fully saturated rings. The van der Waals surface area contributed by atoms with E-state index >= 15 is 0 Å². The van der Waals surface area contributed by atoms with E-state index in [9.17, 15) is 4.79 Å². The molecular weight excluding hydrogens is 358 g/mol. The van der Waals surface area contributed by atoms with E-state index in [0.717, 1.165) is 23.2 Å². The van der Waals surface area contributed by atoms with Gasteiger partial charge in [0.2, 0.25) is 11.8 Å². The number of amides is 1. The Morgan fingerprint density at radius 3 is 2.79 bits per heavy atom. The molecule has 0 aliphatic carbocycles. The van der Waals surface area contributed by atoms with Crippen LogP contribution in [-0.4, -0.2) is 44.6 Å². The third-order valence-electron chi connectivity index (χ3n) is 4.64. The smallest absolute Gasteiger partial charge is 0.253 e. The summed E-state index contributed by atoms with van der Waals surface area (Å²) < 4.78 is 5.61. The van der Waals surface area contributed by atoms with Gasteiger partial charge < -0.3 is 20.4 Å². The van der Waals surface area contributed by atoms with Crippen molar-refractivity contribution < 1.29 is 9.21 Å². The second-order valence-electron chi connectivity index (χ2n) is 7.07. The Hall–Kier alpha value is -3.49. The number of fused-ring (bicyclic) bond motifs is 1. The lowest BCUT2D eigenvalue weighted by molar-refractivity contribution is 0.0781. The van der Waals surface area contributed by atoms with Crippen LogP contribution in [0.4, 0.5) is 17.5 Å². The number of benzene rings is 1. The quantitative estimate of drug-likeness (QED) is 0.709. The zero-order valence-electron chi connectivity index (χ0n) is 15.9. The van der Waals surface area contributed by atoms with Crippen LogP contribution in [-0.2, 0) is 6.42 Å². The molecule has 0 saturated heterocycles. The lowest BCUT2D eigenvalue weighted by Gasteiger charge is -2.25. The summed E-state index contributed by atoms with van der Waals surface area (Å²) >= 11 is 0. The predicted octanol–water partition coefficient (Wildman–Crippen LogP) is 2.60. The van der Waals surface area contributed by atoms with Crippen LogP contribution >= 0.6 is 0 Å². The molecule has 2 aromatic heterocycles. The Balaban J connectivity index is 1.56. The largest absolute Gasteiger partial charge is 0.420 e. The molecule has 0 radical (unpaired) electrons. The summed E-state index contributed by atoms with van der Waals surface area (Å²) in [6.45, 7) is 4.64. The van der Waals surface area contributed by atoms with E-state index in [1.807, 2.05) is 39.1 Å². The summed E-state index contributed by atoms with van der Waals surface area (Å²) in [4.78, 5) is 22.5. The number of nitrogens with zero attached hydrogens (tertiary/aromatic N) is 5. The molecule has 1 amide bonds. The molecule has 1 aliphatic heterocycles. The lowest BCUT2D eigenvalue weighted by atomic mass is 9.99. The number of carbonyl (C=O) groups is 1. The normalized spacial score (nSPS) is 13.7. The van der Waals surface area contributed by atoms with Crippen LogP contribution in [0.5, 0.6) is 0 Å². The van der Waals surface area contributed by atoms with Gasteiger partial charge in [-0.05, 0) is 30.2 Å². The number of nitrogens with one attached hydrogen (secondary N) is 1. The number of anilines is 3. The van der Waals surface area contributed by atoms with E-state index in [4.69, 9.17) is 10.2 Å². The summed E-state index contributed by atoms with van der Waals surface area (Å²) in [5.74, 6) is 1.59. The predicted molar refractivity (Wildman–Crippen MR) is 104 cm³/mol. The molecule has 0 spiro atoms. The van der Waals surface area contributed by atoms with Gasteiger partial charge in [-0.15, -0.1) is 10.2 Å². The standard InChI is InChI=1S/C19H21N7O2/c1-10(2)16-24-25-17(28-16)14-9-21-19(23-15(14)20)22-12-4-5-13-11(8-12)6-7-26(3)18(13)27/h4-5,8-10H,6-7H2,1-3H3,(H3,20,21,22,23). The van der Waals surface area contributed by atoms with Crippen LogP contribution in [0.2, 0.25) is 0 Å². The van der Waals surface area contributed by atoms with E-state index in [0.29, 0.717) is 29.8 Å². The third kappa shape index (κ3) is 3.26. The van der Waals surface area contributed by atoms with Gasteiger partial charge in [-0.2, -0.15) is 4.98 Å². The van der Waals surface area contributed by atoms with Crippen molar-refractivity contribution in [2.24, 2.45) is 0 Å². The molecule has 28 heavy (non-hydrogen) atoms. The second-order valence-corrected chi connectivity index (χ2v) is 7.07. The molecule has 3 N–H and O–H groups in total. The van der Waals surface area contributed by atoms with Crippen LogP contribution < -0.4 is 11.1 Å². The molecule has 0 saturated carbocycles. The highest BCUT2D eigenvalue weighted by molar-refractivity contribution is 5.97. The lowest BCUT2D eigenvalue weighted by Crippen LogP contribution is -2.34. The monoisotopic (exact) mass is 379 g/mol. The Morgan fingerprint density at radius 2 is 2.07 bits per heavy atom. The number of rotatable bonds is 4. The zero-order chi connectivity index (χ0) is 19.8. The molecule has 0 atom stereocenters. The summed E-state index contributed by atoms with van der Waals surface area (Å²) in [6, 6.07) is 5.59. The fourth-order valence-electron chi connectivity index (χ4n) is 3.01. The Bertz CT molecular complexity index is 1040. The molecule has 3 aromatic rings. The van der Waals surface area contributed by atoms with Crippen molar-refractivity contribution in [2.75, 3.05) is 24.6 Å². The first-order valence-corrected chi connectivity index (χ1v) is 9.04. The molecule has 0 bridgehead atoms. The zero-order valence-corrected chi connectivity index (χ0v) is 15.9. The number of nitrogens with two attached hydrogens (primary N) is 1. The van der Waals surface area contributed by atoms with Crippen molar-refractivity contribution in [1.29, 1.82) is 0 Å². The third-order valence-corrected chi connectivity index (χ3v) is 4.64. The Kier molecular flexibility index (Phi) is 4.42. The van der Waals surface area contributed by atoms with Crippen LogP contribution in [0.3, 0.4) is 0 Å². The highest BCUT2D eigenvalue weighted by Gasteiger charge is 2.21. The number of hydrogen-bond donors (Lipinski definition) is 2. The number of hydrogen-bond acceptors (Lipinski definition) is 8. The van der Waals surface area contributed by atoms with E-state index in [-0.39, 0.29) is 17.6 Å². The Labute approximate surface area is 162 Å². The first-order valence-electron chi connectivity index (χ1n) is 9.04. The Morgan fingerprint density at radius 1 is 1.25 bits per heavy atom. The fraction of sp³-hybridized carbons (Fsp3) is 0.316.